The van der Waals surface area contributed by atoms with Crippen molar-refractivity contribution in [3.05, 3.63) is 86.5 Å². The first kappa shape index (κ1) is 49.3. The molecule has 0 fully saturated rings. The van der Waals surface area contributed by atoms with Crippen molar-refractivity contribution in [2.45, 2.75) is 163 Å². The van der Waals surface area contributed by atoms with Crippen molar-refractivity contribution in [1.82, 2.24) is 0 Å². The molecule has 0 N–H and O–H groups in total. The summed E-state index contributed by atoms with van der Waals surface area (Å²) < 4.78 is 19.8. The molecule has 3 rings (SSSR count). The molecule has 0 aliphatic carbocycles. The summed E-state index contributed by atoms with van der Waals surface area (Å²) in [5.41, 5.74) is 5.54. The van der Waals surface area contributed by atoms with E-state index < -0.39 is 37.9 Å². The molecule has 9 heteroatoms. The molecule has 58 heavy (non-hydrogen) atoms. The third-order valence-electron chi connectivity index (χ3n) is 10.3. The molecule has 0 aliphatic rings. The van der Waals surface area contributed by atoms with Gasteiger partial charge in [-0.2, -0.15) is 0 Å². The smallest absolute Gasteiger partial charge is 0.259 e. The summed E-state index contributed by atoms with van der Waals surface area (Å²) in [6, 6.07) is 12.9. The Kier molecular flexibility index (Phi) is 14.9. The van der Waals surface area contributed by atoms with Gasteiger partial charge in [-0.05, 0) is 84.0 Å². The highest BCUT2D eigenvalue weighted by Crippen LogP contribution is 2.53. The molecule has 0 amide bonds. The molecule has 0 aliphatic heterocycles. The summed E-state index contributed by atoms with van der Waals surface area (Å²) in [5, 5.41) is -1.94. The Balaban J connectivity index is 3.01. The Labute approximate surface area is 364 Å². The number of rotatable bonds is 12. The third kappa shape index (κ3) is 12.3. The van der Waals surface area contributed by atoms with Crippen LogP contribution in [-0.2, 0) is 46.9 Å². The summed E-state index contributed by atoms with van der Waals surface area (Å²) in [6.07, 6.45) is 0. The van der Waals surface area contributed by atoms with Gasteiger partial charge in [0.25, 0.3) is 15.7 Å². The molecule has 0 bridgehead atoms. The zero-order valence-electron chi connectivity index (χ0n) is 38.2. The van der Waals surface area contributed by atoms with Crippen molar-refractivity contribution in [2.24, 2.45) is 0 Å². The van der Waals surface area contributed by atoms with E-state index in [2.05, 4.69) is 161 Å². The van der Waals surface area contributed by atoms with E-state index in [9.17, 15) is 14.4 Å². The van der Waals surface area contributed by atoms with Crippen LogP contribution in [0.1, 0.15) is 181 Å². The number of ether oxygens (including phenoxy) is 3. The highest BCUT2D eigenvalue weighted by molar-refractivity contribution is 6.64. The quantitative estimate of drug-likeness (QED) is 0.133. The molecule has 0 unspecified atom stereocenters. The fourth-order valence-electron chi connectivity index (χ4n) is 6.94. The molecule has 0 radical (unpaired) electrons. The largest absolute Gasteiger partial charge is 0.484 e. The van der Waals surface area contributed by atoms with E-state index in [1.807, 2.05) is 0 Å². The van der Waals surface area contributed by atoms with Gasteiger partial charge in [0.05, 0.1) is 0 Å². The molecule has 320 valence electrons. The van der Waals surface area contributed by atoms with Crippen LogP contribution in [0.5, 0.6) is 17.2 Å². The van der Waals surface area contributed by atoms with Crippen molar-refractivity contribution in [3.63, 3.8) is 0 Å². The zero-order chi connectivity index (χ0) is 44.7. The maximum Gasteiger partial charge on any atom is 0.259 e. The van der Waals surface area contributed by atoms with E-state index in [0.717, 1.165) is 50.1 Å². The van der Waals surface area contributed by atoms with Crippen LogP contribution in [0.2, 0.25) is 0 Å². The molecule has 3 aromatic carbocycles. The fraction of sp³-hybridized carbons (Fsp3) is 0.571. The third-order valence-corrected chi connectivity index (χ3v) is 10.6. The van der Waals surface area contributed by atoms with Gasteiger partial charge in [-0.1, -0.05) is 161 Å². The monoisotopic (exact) mass is 856 g/mol. The van der Waals surface area contributed by atoms with Gasteiger partial charge in [-0.25, -0.2) is 0 Å². The van der Waals surface area contributed by atoms with E-state index in [4.69, 9.17) is 49.0 Å². The number of carbonyl (C=O) groups excluding carboxylic acids is 3. The van der Waals surface area contributed by atoms with Crippen LogP contribution in [0, 0.1) is 0 Å². The van der Waals surface area contributed by atoms with Crippen LogP contribution in [0.15, 0.2) is 36.4 Å². The van der Waals surface area contributed by atoms with E-state index in [-0.39, 0.29) is 36.1 Å². The standard InChI is InChI=1S/C49H67Cl3O6/c1-44(2,3)28-19-31(41(56-25-37(50)53)34(22-28)47(10,11)12)40(32-20-29(45(4,5)6)23-35(48(13,14)15)42(32)57-26-38(51)54)33-21-30(46(7,8)9)24-36(49(16,17)18)43(33)58-27-39(52)55/h19-24,40H,25-27H2,1-18H3. The lowest BCUT2D eigenvalue weighted by Gasteiger charge is -2.36. The number of hydrogen-bond donors (Lipinski definition) is 0. The number of carbonyl (C=O) groups is 3. The van der Waals surface area contributed by atoms with Crippen LogP contribution in [0.4, 0.5) is 0 Å². The van der Waals surface area contributed by atoms with E-state index in [1.165, 1.54) is 0 Å². The average Bonchev–Trinajstić information content (AvgIpc) is 3.02. The topological polar surface area (TPSA) is 78.9 Å². The highest BCUT2D eigenvalue weighted by atomic mass is 35.5. The highest BCUT2D eigenvalue weighted by Gasteiger charge is 2.38. The summed E-state index contributed by atoms with van der Waals surface area (Å²) in [5.74, 6) is 0.747. The molecule has 0 spiro atoms. The average molecular weight is 858 g/mol. The minimum absolute atomic E-state index is 0.331. The molecule has 0 heterocycles. The second kappa shape index (κ2) is 17.5. The maximum absolute atomic E-state index is 12.6. The van der Waals surface area contributed by atoms with Gasteiger partial charge in [-0.15, -0.1) is 0 Å². The Morgan fingerprint density at radius 2 is 0.603 bits per heavy atom. The van der Waals surface area contributed by atoms with Gasteiger partial charge in [0.15, 0.2) is 19.8 Å². The van der Waals surface area contributed by atoms with Crippen molar-refractivity contribution < 1.29 is 28.6 Å². The van der Waals surface area contributed by atoms with Gasteiger partial charge < -0.3 is 14.2 Å². The van der Waals surface area contributed by atoms with E-state index in [0.29, 0.717) is 17.2 Å². The molecule has 0 atom stereocenters. The number of hydrogen-bond acceptors (Lipinski definition) is 6. The van der Waals surface area contributed by atoms with Crippen LogP contribution in [0.3, 0.4) is 0 Å². The fourth-order valence-corrected chi connectivity index (χ4v) is 7.10. The summed E-state index contributed by atoms with van der Waals surface area (Å²) in [6.45, 7) is 37.3. The van der Waals surface area contributed by atoms with Gasteiger partial charge in [0, 0.05) is 39.3 Å². The summed E-state index contributed by atoms with van der Waals surface area (Å²) >= 11 is 18.1. The molecule has 0 saturated heterocycles. The van der Waals surface area contributed by atoms with Gasteiger partial charge in [-0.3, -0.25) is 14.4 Å². The lowest BCUT2D eigenvalue weighted by Crippen LogP contribution is -2.25. The van der Waals surface area contributed by atoms with Crippen molar-refractivity contribution in [1.29, 1.82) is 0 Å². The van der Waals surface area contributed by atoms with Gasteiger partial charge in [0.2, 0.25) is 0 Å². The predicted octanol–water partition coefficient (Wildman–Crippen LogP) is 13.1. The second-order valence-corrected chi connectivity index (χ2v) is 23.0. The number of benzene rings is 3. The molecule has 0 saturated carbocycles. The molecule has 3 aromatic rings. The molecular formula is C49H67Cl3O6. The van der Waals surface area contributed by atoms with Crippen LogP contribution in [-0.4, -0.2) is 35.5 Å². The lowest BCUT2D eigenvalue weighted by molar-refractivity contribution is -0.114. The van der Waals surface area contributed by atoms with Crippen molar-refractivity contribution in [2.75, 3.05) is 19.8 Å². The second-order valence-electron chi connectivity index (χ2n) is 21.7. The van der Waals surface area contributed by atoms with Crippen LogP contribution < -0.4 is 14.2 Å². The predicted molar refractivity (Wildman–Crippen MR) is 242 cm³/mol. The number of halogens is 3. The Morgan fingerprint density at radius 3 is 0.759 bits per heavy atom. The van der Waals surface area contributed by atoms with Crippen molar-refractivity contribution >= 4 is 50.5 Å². The minimum Gasteiger partial charge on any atom is -0.484 e. The first-order valence-electron chi connectivity index (χ1n) is 20.0. The normalized spacial score (nSPS) is 13.1. The minimum atomic E-state index is -0.739. The lowest BCUT2D eigenvalue weighted by atomic mass is 9.70. The Hall–Kier alpha value is -3.06. The van der Waals surface area contributed by atoms with E-state index >= 15 is 0 Å². The molecule has 0 aromatic heterocycles. The Bertz CT molecular complexity index is 1790. The maximum atomic E-state index is 12.6. The van der Waals surface area contributed by atoms with Gasteiger partial charge in [0.1, 0.15) is 17.2 Å². The molecular weight excluding hydrogens is 791 g/mol. The van der Waals surface area contributed by atoms with Gasteiger partial charge >= 0.3 is 0 Å². The summed E-state index contributed by atoms with van der Waals surface area (Å²) in [4.78, 5) is 37.7. The van der Waals surface area contributed by atoms with E-state index in [1.54, 1.807) is 0 Å². The summed E-state index contributed by atoms with van der Waals surface area (Å²) in [7, 11) is 0. The SMILES string of the molecule is CC(C)(C)c1cc(C(c2cc(C(C)(C)C)cc(C(C)(C)C)c2OCC(=O)Cl)c2cc(C(C)(C)C)cc(C(C)(C)C)c2OCC(=O)Cl)c(OCC(=O)Cl)c(C(C)(C)C)c1. The Morgan fingerprint density at radius 1 is 0.397 bits per heavy atom. The van der Waals surface area contributed by atoms with Crippen LogP contribution >= 0.6 is 34.8 Å². The zero-order valence-corrected chi connectivity index (χ0v) is 40.5. The first-order chi connectivity index (χ1) is 26.0. The first-order valence-corrected chi connectivity index (χ1v) is 21.2. The molecule has 6 nitrogen and oxygen atoms in total. The van der Waals surface area contributed by atoms with Crippen LogP contribution in [0.25, 0.3) is 0 Å². The van der Waals surface area contributed by atoms with Crippen molar-refractivity contribution in [3.8, 4) is 17.2 Å².